The standard InChI is InChI=1S/C22H21Cl2N3O4S/c1-31-19-7-6-18(16-3-2-10-25-21(16)19)26-22(28)14-8-11-27(12-9-14)32(29,30)20-13-15(23)4-5-17(20)24/h2-7,10,13-14H,8-9,11-12H2,1H3,(H,26,28). The zero-order chi connectivity index (χ0) is 22.9. The van der Waals surface area contributed by atoms with Crippen molar-refractivity contribution in [2.24, 2.45) is 5.92 Å². The van der Waals surface area contributed by atoms with Gasteiger partial charge in [0.05, 0.1) is 17.8 Å². The third-order valence-corrected chi connectivity index (χ3v) is 8.16. The van der Waals surface area contributed by atoms with Crippen molar-refractivity contribution in [3.63, 3.8) is 0 Å². The van der Waals surface area contributed by atoms with Crippen molar-refractivity contribution in [2.45, 2.75) is 17.7 Å². The second kappa shape index (κ2) is 9.23. The second-order valence-electron chi connectivity index (χ2n) is 7.46. The van der Waals surface area contributed by atoms with Crippen molar-refractivity contribution in [2.75, 3.05) is 25.5 Å². The molecule has 1 aromatic heterocycles. The van der Waals surface area contributed by atoms with E-state index in [1.54, 1.807) is 31.5 Å². The molecule has 2 heterocycles. The summed E-state index contributed by atoms with van der Waals surface area (Å²) in [4.78, 5) is 17.2. The number of hydrogen-bond donors (Lipinski definition) is 1. The summed E-state index contributed by atoms with van der Waals surface area (Å²) < 4.78 is 32.7. The molecule has 7 nitrogen and oxygen atoms in total. The van der Waals surface area contributed by atoms with E-state index in [4.69, 9.17) is 27.9 Å². The summed E-state index contributed by atoms with van der Waals surface area (Å²) in [7, 11) is -2.23. The molecule has 1 aliphatic rings. The lowest BCUT2D eigenvalue weighted by Crippen LogP contribution is -2.41. The topological polar surface area (TPSA) is 88.6 Å². The van der Waals surface area contributed by atoms with Crippen molar-refractivity contribution < 1.29 is 17.9 Å². The van der Waals surface area contributed by atoms with E-state index in [0.29, 0.717) is 34.8 Å². The first-order chi connectivity index (χ1) is 15.3. The minimum absolute atomic E-state index is 0.0215. The third kappa shape index (κ3) is 4.41. The molecule has 1 fully saturated rings. The lowest BCUT2D eigenvalue weighted by molar-refractivity contribution is -0.120. The van der Waals surface area contributed by atoms with Crippen LogP contribution in [0.3, 0.4) is 0 Å². The number of methoxy groups -OCH3 is 1. The van der Waals surface area contributed by atoms with Crippen molar-refractivity contribution >= 4 is 55.7 Å². The van der Waals surface area contributed by atoms with Crippen LogP contribution in [0.1, 0.15) is 12.8 Å². The molecule has 1 N–H and O–H groups in total. The van der Waals surface area contributed by atoms with Crippen LogP contribution in [0.25, 0.3) is 10.9 Å². The molecule has 0 unspecified atom stereocenters. The van der Waals surface area contributed by atoms with E-state index in [1.165, 1.54) is 22.5 Å². The SMILES string of the molecule is COc1ccc(NC(=O)C2CCN(S(=O)(=O)c3cc(Cl)ccc3Cl)CC2)c2cccnc12. The number of ether oxygens (including phenoxy) is 1. The minimum atomic E-state index is -3.80. The van der Waals surface area contributed by atoms with Crippen LogP contribution in [0.5, 0.6) is 5.75 Å². The maximum atomic E-state index is 13.0. The Bertz CT molecular complexity index is 1280. The van der Waals surface area contributed by atoms with Gasteiger partial charge in [-0.2, -0.15) is 4.31 Å². The normalized spacial score (nSPS) is 15.6. The molecule has 2 aromatic carbocycles. The Kier molecular flexibility index (Phi) is 6.57. The van der Waals surface area contributed by atoms with Crippen LogP contribution in [0.2, 0.25) is 10.0 Å². The number of pyridine rings is 1. The molecule has 1 aliphatic heterocycles. The number of rotatable bonds is 5. The molecule has 0 atom stereocenters. The molecule has 1 amide bonds. The number of hydrogen-bond acceptors (Lipinski definition) is 5. The lowest BCUT2D eigenvalue weighted by Gasteiger charge is -2.30. The predicted molar refractivity (Wildman–Crippen MR) is 125 cm³/mol. The number of nitrogens with one attached hydrogen (secondary N) is 1. The number of benzene rings is 2. The maximum absolute atomic E-state index is 13.0. The number of sulfonamides is 1. The molecular weight excluding hydrogens is 473 g/mol. The maximum Gasteiger partial charge on any atom is 0.244 e. The van der Waals surface area contributed by atoms with E-state index in [0.717, 1.165) is 5.39 Å². The van der Waals surface area contributed by atoms with Gasteiger partial charge in [0.25, 0.3) is 0 Å². The van der Waals surface area contributed by atoms with E-state index < -0.39 is 10.0 Å². The van der Waals surface area contributed by atoms with E-state index >= 15 is 0 Å². The third-order valence-electron chi connectivity index (χ3n) is 5.55. The molecule has 0 spiro atoms. The van der Waals surface area contributed by atoms with Crippen LogP contribution in [-0.2, 0) is 14.8 Å². The number of anilines is 1. The fraction of sp³-hybridized carbons (Fsp3) is 0.273. The van der Waals surface area contributed by atoms with Crippen LogP contribution in [-0.4, -0.2) is 43.8 Å². The molecule has 32 heavy (non-hydrogen) atoms. The van der Waals surface area contributed by atoms with E-state index in [1.807, 2.05) is 6.07 Å². The molecule has 4 rings (SSSR count). The fourth-order valence-electron chi connectivity index (χ4n) is 3.83. The number of fused-ring (bicyclic) bond motifs is 1. The Morgan fingerprint density at radius 3 is 2.62 bits per heavy atom. The zero-order valence-corrected chi connectivity index (χ0v) is 19.5. The van der Waals surface area contributed by atoms with Crippen molar-refractivity contribution in [3.8, 4) is 5.75 Å². The number of carbonyl (C=O) groups excluding carboxylic acids is 1. The Morgan fingerprint density at radius 2 is 1.91 bits per heavy atom. The van der Waals surface area contributed by atoms with Crippen LogP contribution in [0, 0.1) is 5.92 Å². The highest BCUT2D eigenvalue weighted by atomic mass is 35.5. The lowest BCUT2D eigenvalue weighted by atomic mass is 9.97. The monoisotopic (exact) mass is 493 g/mol. The summed E-state index contributed by atoms with van der Waals surface area (Å²) in [5.41, 5.74) is 1.30. The smallest absolute Gasteiger partial charge is 0.244 e. The van der Waals surface area contributed by atoms with Crippen molar-refractivity contribution in [1.82, 2.24) is 9.29 Å². The van der Waals surface area contributed by atoms with E-state index in [9.17, 15) is 13.2 Å². The molecule has 3 aromatic rings. The fourth-order valence-corrected chi connectivity index (χ4v) is 6.03. The highest BCUT2D eigenvalue weighted by Gasteiger charge is 2.33. The first-order valence-corrected chi connectivity index (χ1v) is 12.2. The summed E-state index contributed by atoms with van der Waals surface area (Å²) >= 11 is 12.1. The van der Waals surface area contributed by atoms with Gasteiger partial charge in [-0.25, -0.2) is 8.42 Å². The molecule has 0 saturated carbocycles. The highest BCUT2D eigenvalue weighted by molar-refractivity contribution is 7.89. The summed E-state index contributed by atoms with van der Waals surface area (Å²) in [6.45, 7) is 0.433. The van der Waals surface area contributed by atoms with Gasteiger partial charge in [-0.3, -0.25) is 9.78 Å². The van der Waals surface area contributed by atoms with Crippen LogP contribution >= 0.6 is 23.2 Å². The molecule has 1 saturated heterocycles. The number of carbonyl (C=O) groups is 1. The van der Waals surface area contributed by atoms with Gasteiger partial charge < -0.3 is 10.1 Å². The quantitative estimate of drug-likeness (QED) is 0.561. The first-order valence-electron chi connectivity index (χ1n) is 9.99. The number of amides is 1. The molecule has 10 heteroatoms. The van der Waals surface area contributed by atoms with E-state index in [-0.39, 0.29) is 34.8 Å². The van der Waals surface area contributed by atoms with Gasteiger partial charge in [0, 0.05) is 35.6 Å². The van der Waals surface area contributed by atoms with Crippen LogP contribution in [0.4, 0.5) is 5.69 Å². The molecule has 0 aliphatic carbocycles. The summed E-state index contributed by atoms with van der Waals surface area (Å²) in [6, 6.07) is 11.5. The Labute approximate surface area is 196 Å². The van der Waals surface area contributed by atoms with Gasteiger partial charge in [-0.15, -0.1) is 0 Å². The van der Waals surface area contributed by atoms with Gasteiger partial charge in [0.2, 0.25) is 15.9 Å². The van der Waals surface area contributed by atoms with E-state index in [2.05, 4.69) is 10.3 Å². The summed E-state index contributed by atoms with van der Waals surface area (Å²) in [5, 5.41) is 4.16. The number of nitrogens with zero attached hydrogens (tertiary/aromatic N) is 2. The Hall–Kier alpha value is -2.39. The minimum Gasteiger partial charge on any atom is -0.494 e. The molecular formula is C22H21Cl2N3O4S. The number of halogens is 2. The summed E-state index contributed by atoms with van der Waals surface area (Å²) in [6.07, 6.45) is 2.46. The average Bonchev–Trinajstić information content (AvgIpc) is 2.81. The van der Waals surface area contributed by atoms with Crippen LogP contribution in [0.15, 0.2) is 53.6 Å². The largest absolute Gasteiger partial charge is 0.494 e. The van der Waals surface area contributed by atoms with Crippen molar-refractivity contribution in [3.05, 3.63) is 58.7 Å². The predicted octanol–water partition coefficient (Wildman–Crippen LogP) is 4.59. The van der Waals surface area contributed by atoms with Gasteiger partial charge in [0.15, 0.2) is 0 Å². The van der Waals surface area contributed by atoms with Gasteiger partial charge in [-0.1, -0.05) is 23.2 Å². The number of piperidine rings is 1. The first kappa shape index (κ1) is 22.8. The molecule has 0 bridgehead atoms. The number of aromatic nitrogens is 1. The Morgan fingerprint density at radius 1 is 1.16 bits per heavy atom. The van der Waals surface area contributed by atoms with Crippen LogP contribution < -0.4 is 10.1 Å². The molecule has 168 valence electrons. The Balaban J connectivity index is 1.47. The van der Waals surface area contributed by atoms with Gasteiger partial charge in [-0.05, 0) is 55.3 Å². The second-order valence-corrected chi connectivity index (χ2v) is 10.2. The van der Waals surface area contributed by atoms with Crippen molar-refractivity contribution in [1.29, 1.82) is 0 Å². The average molecular weight is 494 g/mol. The van der Waals surface area contributed by atoms with Gasteiger partial charge in [0.1, 0.15) is 16.2 Å². The molecule has 0 radical (unpaired) electrons. The van der Waals surface area contributed by atoms with Gasteiger partial charge >= 0.3 is 0 Å². The zero-order valence-electron chi connectivity index (χ0n) is 17.2. The highest BCUT2D eigenvalue weighted by Crippen LogP contribution is 2.32. The summed E-state index contributed by atoms with van der Waals surface area (Å²) in [5.74, 6) is 0.153.